The van der Waals surface area contributed by atoms with Crippen LogP contribution in [0.25, 0.3) is 0 Å². The molecule has 0 atom stereocenters. The summed E-state index contributed by atoms with van der Waals surface area (Å²) in [6.45, 7) is 0. The summed E-state index contributed by atoms with van der Waals surface area (Å²) in [5.41, 5.74) is 1.44. The molecular formula is C14H13IN2O3S. The molecule has 0 aromatic heterocycles. The second-order valence-corrected chi connectivity index (χ2v) is 7.23. The van der Waals surface area contributed by atoms with E-state index in [1.807, 2.05) is 24.3 Å². The molecule has 0 aliphatic rings. The van der Waals surface area contributed by atoms with Gasteiger partial charge < -0.3 is 5.32 Å². The summed E-state index contributed by atoms with van der Waals surface area (Å²) in [5, 5.41) is 7.79. The first-order chi connectivity index (χ1) is 9.84. The minimum absolute atomic E-state index is 0.0318. The summed E-state index contributed by atoms with van der Waals surface area (Å²) in [6.07, 6.45) is 0.164. The van der Waals surface area contributed by atoms with E-state index in [2.05, 4.69) is 27.9 Å². The molecule has 3 N–H and O–H groups in total. The zero-order chi connectivity index (χ0) is 15.5. The number of hydrogen-bond acceptors (Lipinski definition) is 3. The van der Waals surface area contributed by atoms with Gasteiger partial charge in [-0.2, -0.15) is 0 Å². The molecular weight excluding hydrogens is 403 g/mol. The van der Waals surface area contributed by atoms with Crippen LogP contribution in [0, 0.1) is 3.57 Å². The Bertz CT molecular complexity index is 741. The van der Waals surface area contributed by atoms with Crippen LogP contribution in [0.1, 0.15) is 5.56 Å². The number of anilines is 1. The molecule has 0 unspecified atom stereocenters. The van der Waals surface area contributed by atoms with Crippen LogP contribution in [-0.4, -0.2) is 14.3 Å². The number of amides is 1. The van der Waals surface area contributed by atoms with Crippen molar-refractivity contribution in [2.45, 2.75) is 11.3 Å². The lowest BCUT2D eigenvalue weighted by Gasteiger charge is -2.06. The van der Waals surface area contributed by atoms with Crippen molar-refractivity contribution >= 4 is 44.2 Å². The number of nitrogens with one attached hydrogen (secondary N) is 1. The summed E-state index contributed by atoms with van der Waals surface area (Å²) in [4.78, 5) is 11.9. The summed E-state index contributed by atoms with van der Waals surface area (Å²) in [6, 6.07) is 13.4. The maximum absolute atomic E-state index is 11.9. The number of primary sulfonamides is 1. The van der Waals surface area contributed by atoms with Crippen LogP contribution in [-0.2, 0) is 21.2 Å². The highest BCUT2D eigenvalue weighted by Crippen LogP contribution is 2.13. The normalized spacial score (nSPS) is 11.1. The number of carbonyl (C=O) groups excluding carboxylic acids is 1. The summed E-state index contributed by atoms with van der Waals surface area (Å²) in [5.74, 6) is -0.167. The van der Waals surface area contributed by atoms with Gasteiger partial charge in [0.15, 0.2) is 0 Å². The molecule has 7 heteroatoms. The Morgan fingerprint density at radius 3 is 2.14 bits per heavy atom. The van der Waals surface area contributed by atoms with Crippen molar-refractivity contribution in [3.05, 3.63) is 57.7 Å². The minimum Gasteiger partial charge on any atom is -0.326 e. The van der Waals surface area contributed by atoms with Gasteiger partial charge in [-0.05, 0) is 64.6 Å². The van der Waals surface area contributed by atoms with Gasteiger partial charge in [0.05, 0.1) is 11.3 Å². The topological polar surface area (TPSA) is 89.3 Å². The Morgan fingerprint density at radius 1 is 1.05 bits per heavy atom. The molecule has 0 aliphatic heterocycles. The fourth-order valence-electron chi connectivity index (χ4n) is 1.72. The van der Waals surface area contributed by atoms with Gasteiger partial charge in [0.25, 0.3) is 0 Å². The highest BCUT2D eigenvalue weighted by Gasteiger charge is 2.08. The molecule has 110 valence electrons. The van der Waals surface area contributed by atoms with Crippen LogP contribution >= 0.6 is 22.6 Å². The first-order valence-corrected chi connectivity index (χ1v) is 8.64. The van der Waals surface area contributed by atoms with Gasteiger partial charge in [-0.25, -0.2) is 13.6 Å². The SMILES string of the molecule is NS(=O)(=O)c1ccc(CC(=O)Nc2ccc(I)cc2)cc1. The summed E-state index contributed by atoms with van der Waals surface area (Å²) >= 11 is 2.19. The van der Waals surface area contributed by atoms with Crippen LogP contribution in [0.2, 0.25) is 0 Å². The zero-order valence-corrected chi connectivity index (χ0v) is 13.9. The third-order valence-corrected chi connectivity index (χ3v) is 4.39. The van der Waals surface area contributed by atoms with Gasteiger partial charge >= 0.3 is 0 Å². The first-order valence-electron chi connectivity index (χ1n) is 6.02. The standard InChI is InChI=1S/C14H13IN2O3S/c15-11-3-5-12(6-4-11)17-14(18)9-10-1-7-13(8-2-10)21(16,19)20/h1-8H,9H2,(H,17,18)(H2,16,19,20). The molecule has 0 saturated carbocycles. The molecule has 2 rings (SSSR count). The summed E-state index contributed by atoms with van der Waals surface area (Å²) < 4.78 is 23.4. The van der Waals surface area contributed by atoms with Crippen LogP contribution < -0.4 is 10.5 Å². The molecule has 2 aromatic carbocycles. The van der Waals surface area contributed by atoms with Crippen molar-refractivity contribution in [2.24, 2.45) is 5.14 Å². The molecule has 2 aromatic rings. The second-order valence-electron chi connectivity index (χ2n) is 4.42. The lowest BCUT2D eigenvalue weighted by atomic mass is 10.1. The lowest BCUT2D eigenvalue weighted by molar-refractivity contribution is -0.115. The van der Waals surface area contributed by atoms with Crippen molar-refractivity contribution in [3.63, 3.8) is 0 Å². The Hall–Kier alpha value is -1.45. The van der Waals surface area contributed by atoms with E-state index in [0.29, 0.717) is 5.56 Å². The maximum atomic E-state index is 11.9. The van der Waals surface area contributed by atoms with E-state index in [1.165, 1.54) is 12.1 Å². The fraction of sp³-hybridized carbons (Fsp3) is 0.0714. The van der Waals surface area contributed by atoms with Crippen LogP contribution in [0.5, 0.6) is 0 Å². The predicted octanol–water partition coefficient (Wildman–Crippen LogP) is 2.12. The van der Waals surface area contributed by atoms with Crippen LogP contribution in [0.15, 0.2) is 53.4 Å². The molecule has 0 saturated heterocycles. The number of hydrogen-bond donors (Lipinski definition) is 2. The van der Waals surface area contributed by atoms with Gasteiger partial charge in [0.1, 0.15) is 0 Å². The monoisotopic (exact) mass is 416 g/mol. The highest BCUT2D eigenvalue weighted by atomic mass is 127. The largest absolute Gasteiger partial charge is 0.326 e. The van der Waals surface area contributed by atoms with Crippen molar-refractivity contribution < 1.29 is 13.2 Å². The Morgan fingerprint density at radius 2 is 1.62 bits per heavy atom. The van der Waals surface area contributed by atoms with Gasteiger partial charge in [-0.3, -0.25) is 4.79 Å². The van der Waals surface area contributed by atoms with E-state index in [0.717, 1.165) is 9.26 Å². The minimum atomic E-state index is -3.70. The first kappa shape index (κ1) is 15.9. The molecule has 0 aliphatic carbocycles. The van der Waals surface area contributed by atoms with Crippen LogP contribution in [0.3, 0.4) is 0 Å². The summed E-state index contributed by atoms with van der Waals surface area (Å²) in [7, 11) is -3.70. The average molecular weight is 416 g/mol. The number of carbonyl (C=O) groups is 1. The molecule has 0 radical (unpaired) electrons. The second kappa shape index (κ2) is 6.54. The van der Waals surface area contributed by atoms with Gasteiger partial charge in [-0.15, -0.1) is 0 Å². The van der Waals surface area contributed by atoms with Gasteiger partial charge in [0.2, 0.25) is 15.9 Å². The molecule has 5 nitrogen and oxygen atoms in total. The number of rotatable bonds is 4. The highest BCUT2D eigenvalue weighted by molar-refractivity contribution is 14.1. The van der Waals surface area contributed by atoms with Gasteiger partial charge in [0, 0.05) is 9.26 Å². The van der Waals surface area contributed by atoms with E-state index in [-0.39, 0.29) is 17.2 Å². The third kappa shape index (κ3) is 4.80. The van der Waals surface area contributed by atoms with Crippen LogP contribution in [0.4, 0.5) is 5.69 Å². The van der Waals surface area contributed by atoms with Crippen molar-refractivity contribution in [3.8, 4) is 0 Å². The van der Waals surface area contributed by atoms with Crippen molar-refractivity contribution in [2.75, 3.05) is 5.32 Å². The molecule has 1 amide bonds. The zero-order valence-electron chi connectivity index (χ0n) is 10.9. The van der Waals surface area contributed by atoms with E-state index < -0.39 is 10.0 Å². The number of sulfonamides is 1. The smallest absolute Gasteiger partial charge is 0.238 e. The average Bonchev–Trinajstić information content (AvgIpc) is 2.41. The van der Waals surface area contributed by atoms with E-state index in [9.17, 15) is 13.2 Å². The fourth-order valence-corrected chi connectivity index (χ4v) is 2.60. The predicted molar refractivity (Wildman–Crippen MR) is 89.3 cm³/mol. The van der Waals surface area contributed by atoms with E-state index in [4.69, 9.17) is 5.14 Å². The van der Waals surface area contributed by atoms with Crippen molar-refractivity contribution in [1.29, 1.82) is 0 Å². The van der Waals surface area contributed by atoms with Crippen molar-refractivity contribution in [1.82, 2.24) is 0 Å². The quantitative estimate of drug-likeness (QED) is 0.749. The molecule has 0 spiro atoms. The molecule has 0 bridgehead atoms. The molecule has 0 fully saturated rings. The lowest BCUT2D eigenvalue weighted by Crippen LogP contribution is -2.15. The van der Waals surface area contributed by atoms with E-state index >= 15 is 0 Å². The maximum Gasteiger partial charge on any atom is 0.238 e. The Balaban J connectivity index is 2.01. The number of halogens is 1. The molecule has 21 heavy (non-hydrogen) atoms. The third-order valence-electron chi connectivity index (χ3n) is 2.74. The molecule has 0 heterocycles. The van der Waals surface area contributed by atoms with Gasteiger partial charge in [-0.1, -0.05) is 12.1 Å². The Kier molecular flexibility index (Phi) is 4.96. The van der Waals surface area contributed by atoms with E-state index in [1.54, 1.807) is 12.1 Å². The number of benzene rings is 2. The Labute approximate surface area is 136 Å². The number of nitrogens with two attached hydrogens (primary N) is 1.